The van der Waals surface area contributed by atoms with Gasteiger partial charge in [0.2, 0.25) is 5.89 Å². The minimum absolute atomic E-state index is 0.154. The third-order valence-electron chi connectivity index (χ3n) is 9.35. The highest BCUT2D eigenvalue weighted by Crippen LogP contribution is 2.38. The van der Waals surface area contributed by atoms with E-state index in [-0.39, 0.29) is 30.0 Å². The molecule has 0 radical (unpaired) electrons. The molecule has 0 bridgehead atoms. The van der Waals surface area contributed by atoms with Crippen LogP contribution in [0.25, 0.3) is 33.6 Å². The summed E-state index contributed by atoms with van der Waals surface area (Å²) in [5.74, 6) is -0.369. The van der Waals surface area contributed by atoms with Crippen LogP contribution in [0.3, 0.4) is 0 Å². The first-order valence-corrected chi connectivity index (χ1v) is 17.3. The molecule has 3 N–H and O–H groups in total. The normalized spacial score (nSPS) is 15.9. The van der Waals surface area contributed by atoms with Crippen LogP contribution in [0.2, 0.25) is 0 Å². The zero-order valence-corrected chi connectivity index (χ0v) is 28.1. The molecule has 7 rings (SSSR count). The number of amides is 1. The Morgan fingerprint density at radius 2 is 1.90 bits per heavy atom. The van der Waals surface area contributed by atoms with Gasteiger partial charge in [-0.2, -0.15) is 5.10 Å². The SMILES string of the molecule is CCc1nc2c(cnn2CC)c(NC2CCOCC2)c1-c1nc(C(=O)NCc2ccc(F)c(-c3cccc(CN4CCNCC4)c3)c2)co1. The smallest absolute Gasteiger partial charge is 0.273 e. The first-order valence-electron chi connectivity index (χ1n) is 17.3. The number of rotatable bonds is 11. The van der Waals surface area contributed by atoms with Crippen molar-refractivity contribution in [2.45, 2.75) is 58.8 Å². The zero-order chi connectivity index (χ0) is 33.7. The van der Waals surface area contributed by atoms with E-state index in [1.807, 2.05) is 36.9 Å². The Labute approximate surface area is 285 Å². The number of nitrogens with one attached hydrogen (secondary N) is 3. The lowest BCUT2D eigenvalue weighted by Crippen LogP contribution is -2.42. The van der Waals surface area contributed by atoms with E-state index < -0.39 is 0 Å². The number of benzene rings is 2. The summed E-state index contributed by atoms with van der Waals surface area (Å²) in [4.78, 5) is 25.4. The largest absolute Gasteiger partial charge is 0.443 e. The number of ether oxygens (including phenoxy) is 1. The van der Waals surface area contributed by atoms with Crippen LogP contribution in [-0.2, 0) is 30.8 Å². The zero-order valence-electron chi connectivity index (χ0n) is 28.1. The van der Waals surface area contributed by atoms with Crippen molar-refractivity contribution in [2.24, 2.45) is 0 Å². The molecule has 0 saturated carbocycles. The molecular formula is C37H43FN8O3. The molecule has 11 nitrogen and oxygen atoms in total. The maximum atomic E-state index is 15.1. The highest BCUT2D eigenvalue weighted by molar-refractivity contribution is 5.99. The molecule has 3 aromatic heterocycles. The second-order valence-corrected chi connectivity index (χ2v) is 12.7. The second kappa shape index (κ2) is 14.9. The van der Waals surface area contributed by atoms with Crippen LogP contribution in [0, 0.1) is 5.82 Å². The lowest BCUT2D eigenvalue weighted by atomic mass is 10.00. The summed E-state index contributed by atoms with van der Waals surface area (Å²) in [6.07, 6.45) is 5.59. The fraction of sp³-hybridized carbons (Fsp3) is 0.405. The number of fused-ring (bicyclic) bond motifs is 1. The van der Waals surface area contributed by atoms with Gasteiger partial charge in [0.25, 0.3) is 5.91 Å². The number of nitrogens with zero attached hydrogens (tertiary/aromatic N) is 5. The Kier molecular flexibility index (Phi) is 9.97. The number of aromatic nitrogens is 4. The number of anilines is 1. The summed E-state index contributed by atoms with van der Waals surface area (Å²) in [5, 5.41) is 15.5. The van der Waals surface area contributed by atoms with Gasteiger partial charge >= 0.3 is 0 Å². The number of carbonyl (C=O) groups excluding carboxylic acids is 1. The maximum Gasteiger partial charge on any atom is 0.273 e. The van der Waals surface area contributed by atoms with Crippen molar-refractivity contribution in [2.75, 3.05) is 44.7 Å². The van der Waals surface area contributed by atoms with Crippen LogP contribution in [0.4, 0.5) is 10.1 Å². The summed E-state index contributed by atoms with van der Waals surface area (Å²) in [6.45, 7) is 11.1. The number of oxazole rings is 1. The van der Waals surface area contributed by atoms with E-state index in [9.17, 15) is 4.79 Å². The van der Waals surface area contributed by atoms with Crippen molar-refractivity contribution in [1.29, 1.82) is 0 Å². The fourth-order valence-electron chi connectivity index (χ4n) is 6.68. The number of piperazine rings is 1. The van der Waals surface area contributed by atoms with E-state index in [4.69, 9.17) is 14.1 Å². The fourth-order valence-corrected chi connectivity index (χ4v) is 6.68. The Morgan fingerprint density at radius 3 is 2.69 bits per heavy atom. The van der Waals surface area contributed by atoms with Crippen molar-refractivity contribution >= 4 is 22.6 Å². The van der Waals surface area contributed by atoms with Crippen LogP contribution in [0.5, 0.6) is 0 Å². The monoisotopic (exact) mass is 666 g/mol. The first kappa shape index (κ1) is 32.9. The predicted molar refractivity (Wildman–Crippen MR) is 187 cm³/mol. The van der Waals surface area contributed by atoms with Crippen LogP contribution in [-0.4, -0.2) is 76.0 Å². The molecule has 2 aliphatic heterocycles. The minimum Gasteiger partial charge on any atom is -0.443 e. The summed E-state index contributed by atoms with van der Waals surface area (Å²) in [5.41, 5.74) is 6.59. The Hall–Kier alpha value is -4.65. The summed E-state index contributed by atoms with van der Waals surface area (Å²) < 4.78 is 28.5. The molecule has 5 heterocycles. The molecule has 5 aromatic rings. The third-order valence-corrected chi connectivity index (χ3v) is 9.35. The van der Waals surface area contributed by atoms with Gasteiger partial charge in [-0.15, -0.1) is 0 Å². The number of hydrogen-bond acceptors (Lipinski definition) is 9. The third kappa shape index (κ3) is 7.22. The lowest BCUT2D eigenvalue weighted by molar-refractivity contribution is 0.0904. The van der Waals surface area contributed by atoms with Gasteiger partial charge in [0, 0.05) is 70.6 Å². The molecule has 2 aromatic carbocycles. The van der Waals surface area contributed by atoms with Gasteiger partial charge in [-0.3, -0.25) is 9.69 Å². The Bertz CT molecular complexity index is 1930. The molecule has 49 heavy (non-hydrogen) atoms. The van der Waals surface area contributed by atoms with E-state index in [0.717, 1.165) is 90.2 Å². The average Bonchev–Trinajstić information content (AvgIpc) is 3.80. The number of carbonyl (C=O) groups is 1. The van der Waals surface area contributed by atoms with Gasteiger partial charge in [0.05, 0.1) is 28.5 Å². The molecule has 2 aliphatic rings. The van der Waals surface area contributed by atoms with Gasteiger partial charge in [-0.25, -0.2) is 19.0 Å². The summed E-state index contributed by atoms with van der Waals surface area (Å²) in [6, 6.07) is 13.2. The Morgan fingerprint density at radius 1 is 1.06 bits per heavy atom. The van der Waals surface area contributed by atoms with Gasteiger partial charge in [-0.1, -0.05) is 31.2 Å². The van der Waals surface area contributed by atoms with E-state index in [0.29, 0.717) is 37.6 Å². The highest BCUT2D eigenvalue weighted by Gasteiger charge is 2.26. The number of hydrogen-bond donors (Lipinski definition) is 3. The molecule has 0 aliphatic carbocycles. The molecule has 2 fully saturated rings. The van der Waals surface area contributed by atoms with Crippen LogP contribution < -0.4 is 16.0 Å². The standard InChI is InChI=1S/C37H43FN8O3/c1-3-31-33(34(42-27-10-16-48-17-11-27)29-21-41-46(4-2)35(29)43-31)37-44-32(23-49-37)36(47)40-20-24-8-9-30(38)28(19-24)26-7-5-6-25(18-26)22-45-14-12-39-13-15-45/h5-9,18-19,21,23,27,39H,3-4,10-17,20,22H2,1-2H3,(H,40,47)(H,42,43). The van der Waals surface area contributed by atoms with E-state index in [1.54, 1.807) is 12.1 Å². The molecule has 2 saturated heterocycles. The molecule has 0 spiro atoms. The van der Waals surface area contributed by atoms with Crippen LogP contribution in [0.1, 0.15) is 54.0 Å². The minimum atomic E-state index is -0.385. The van der Waals surface area contributed by atoms with E-state index in [2.05, 4.69) is 43.1 Å². The quantitative estimate of drug-likeness (QED) is 0.170. The molecular weight excluding hydrogens is 623 g/mol. The molecule has 1 amide bonds. The van der Waals surface area contributed by atoms with Crippen molar-refractivity contribution in [1.82, 2.24) is 35.3 Å². The summed E-state index contributed by atoms with van der Waals surface area (Å²) in [7, 11) is 0. The topological polar surface area (TPSA) is 122 Å². The van der Waals surface area contributed by atoms with Crippen LogP contribution >= 0.6 is 0 Å². The van der Waals surface area contributed by atoms with Gasteiger partial charge in [0.1, 0.15) is 12.1 Å². The van der Waals surface area contributed by atoms with Crippen molar-refractivity contribution < 1.29 is 18.3 Å². The van der Waals surface area contributed by atoms with Gasteiger partial charge < -0.3 is 25.1 Å². The van der Waals surface area contributed by atoms with E-state index >= 15 is 4.39 Å². The average molecular weight is 667 g/mol. The van der Waals surface area contributed by atoms with Crippen molar-refractivity contribution in [3.05, 3.63) is 83.3 Å². The number of halogens is 1. The predicted octanol–water partition coefficient (Wildman–Crippen LogP) is 5.40. The molecule has 256 valence electrons. The molecule has 0 unspecified atom stereocenters. The second-order valence-electron chi connectivity index (χ2n) is 12.7. The van der Waals surface area contributed by atoms with Crippen molar-refractivity contribution in [3.63, 3.8) is 0 Å². The molecule has 0 atom stereocenters. The summed E-state index contributed by atoms with van der Waals surface area (Å²) >= 11 is 0. The Balaban J connectivity index is 1.10. The first-order chi connectivity index (χ1) is 24.0. The van der Waals surface area contributed by atoms with E-state index in [1.165, 1.54) is 12.3 Å². The lowest BCUT2D eigenvalue weighted by Gasteiger charge is -2.27. The van der Waals surface area contributed by atoms with Gasteiger partial charge in [0.15, 0.2) is 11.3 Å². The van der Waals surface area contributed by atoms with Crippen LogP contribution in [0.15, 0.2) is 59.3 Å². The molecule has 12 heteroatoms. The number of pyridine rings is 1. The number of aryl methyl sites for hydroxylation is 2. The van der Waals surface area contributed by atoms with Crippen molar-refractivity contribution in [3.8, 4) is 22.6 Å². The highest BCUT2D eigenvalue weighted by atomic mass is 19.1. The maximum absolute atomic E-state index is 15.1. The van der Waals surface area contributed by atoms with Gasteiger partial charge in [-0.05, 0) is 61.1 Å².